The van der Waals surface area contributed by atoms with Gasteiger partial charge in [-0.25, -0.2) is 4.99 Å². The molecule has 1 aromatic rings. The van der Waals surface area contributed by atoms with Crippen LogP contribution in [0.2, 0.25) is 5.02 Å². The molecule has 0 unspecified atom stereocenters. The zero-order valence-electron chi connectivity index (χ0n) is 15.3. The first-order valence-electron chi connectivity index (χ1n) is 9.08. The van der Waals surface area contributed by atoms with E-state index in [1.807, 2.05) is 12.1 Å². The lowest BCUT2D eigenvalue weighted by Gasteiger charge is -2.16. The van der Waals surface area contributed by atoms with Crippen LogP contribution in [0.25, 0.3) is 0 Å². The molecule has 1 aliphatic heterocycles. The molecule has 1 aromatic carbocycles. The number of benzene rings is 1. The van der Waals surface area contributed by atoms with Crippen molar-refractivity contribution in [3.05, 3.63) is 29.3 Å². The molecule has 1 N–H and O–H groups in total. The number of unbranched alkanes of at least 4 members (excludes halogenated alkanes) is 4. The van der Waals surface area contributed by atoms with E-state index in [0.717, 1.165) is 12.8 Å². The monoisotopic (exact) mass is 395 g/mol. The van der Waals surface area contributed by atoms with E-state index in [9.17, 15) is 9.59 Å². The number of thioether (sulfide) groups is 1. The highest BCUT2D eigenvalue weighted by Crippen LogP contribution is 2.32. The summed E-state index contributed by atoms with van der Waals surface area (Å²) in [6, 6.07) is 7.25. The Labute approximate surface area is 164 Å². The summed E-state index contributed by atoms with van der Waals surface area (Å²) in [6.07, 6.45) is 5.77. The largest absolute Gasteiger partial charge is 0.359 e. The Kier molecular flexibility index (Phi) is 8.45. The average molecular weight is 396 g/mol. The van der Waals surface area contributed by atoms with Gasteiger partial charge in [0.15, 0.2) is 5.17 Å². The minimum Gasteiger partial charge on any atom is -0.359 e. The van der Waals surface area contributed by atoms with Crippen LogP contribution in [0.3, 0.4) is 0 Å². The SMILES string of the molecule is CCCCCCCN1C(=O)[C@@H](CC(=O)NC)SC1=Nc1cccc(Cl)c1. The Hall–Kier alpha value is -1.53. The zero-order valence-corrected chi connectivity index (χ0v) is 16.9. The van der Waals surface area contributed by atoms with Crippen LogP contribution in [-0.2, 0) is 9.59 Å². The second-order valence-electron chi connectivity index (χ2n) is 6.26. The molecule has 0 saturated carbocycles. The molecule has 0 aliphatic carbocycles. The van der Waals surface area contributed by atoms with Gasteiger partial charge in [0.05, 0.1) is 5.69 Å². The maximum absolute atomic E-state index is 12.8. The third-order valence-corrected chi connectivity index (χ3v) is 5.60. The van der Waals surface area contributed by atoms with Crippen molar-refractivity contribution in [2.24, 2.45) is 4.99 Å². The van der Waals surface area contributed by atoms with Crippen molar-refractivity contribution in [2.75, 3.05) is 13.6 Å². The number of carbonyl (C=O) groups is 2. The molecule has 0 bridgehead atoms. The highest BCUT2D eigenvalue weighted by molar-refractivity contribution is 8.15. The average Bonchev–Trinajstić information content (AvgIpc) is 2.90. The minimum atomic E-state index is -0.413. The molecule has 2 amide bonds. The van der Waals surface area contributed by atoms with Crippen LogP contribution in [0.5, 0.6) is 0 Å². The van der Waals surface area contributed by atoms with Crippen LogP contribution < -0.4 is 5.32 Å². The maximum atomic E-state index is 12.8. The van der Waals surface area contributed by atoms with Crippen LogP contribution in [0.4, 0.5) is 5.69 Å². The quantitative estimate of drug-likeness (QED) is 0.631. The highest BCUT2D eigenvalue weighted by Gasteiger charge is 2.38. The van der Waals surface area contributed by atoms with Gasteiger partial charge in [-0.3, -0.25) is 14.5 Å². The standard InChI is InChI=1S/C19H26ClN3O2S/c1-3-4-5-6-7-11-23-18(25)16(13-17(24)21-2)26-19(23)22-15-10-8-9-14(20)12-15/h8-10,12,16H,3-7,11,13H2,1-2H3,(H,21,24)/t16-/m1/s1. The maximum Gasteiger partial charge on any atom is 0.242 e. The van der Waals surface area contributed by atoms with Crippen molar-refractivity contribution in [1.82, 2.24) is 10.2 Å². The topological polar surface area (TPSA) is 61.8 Å². The van der Waals surface area contributed by atoms with Crippen LogP contribution in [0.15, 0.2) is 29.3 Å². The third-order valence-electron chi connectivity index (χ3n) is 4.19. The van der Waals surface area contributed by atoms with Crippen LogP contribution in [0.1, 0.15) is 45.4 Å². The van der Waals surface area contributed by atoms with E-state index in [0.29, 0.717) is 22.4 Å². The molecular formula is C19H26ClN3O2S. The van der Waals surface area contributed by atoms with Gasteiger partial charge in [-0.15, -0.1) is 0 Å². The Morgan fingerprint density at radius 1 is 1.31 bits per heavy atom. The van der Waals surface area contributed by atoms with Crippen molar-refractivity contribution in [1.29, 1.82) is 0 Å². The molecule has 0 radical (unpaired) electrons. The lowest BCUT2D eigenvalue weighted by atomic mass is 10.1. The number of amides is 2. The Morgan fingerprint density at radius 2 is 2.08 bits per heavy atom. The van der Waals surface area contributed by atoms with Gasteiger partial charge in [0.2, 0.25) is 11.8 Å². The van der Waals surface area contributed by atoms with E-state index in [-0.39, 0.29) is 18.2 Å². The number of nitrogens with one attached hydrogen (secondary N) is 1. The third kappa shape index (κ3) is 6.02. The second-order valence-corrected chi connectivity index (χ2v) is 7.87. The summed E-state index contributed by atoms with van der Waals surface area (Å²) in [5.41, 5.74) is 0.712. The fraction of sp³-hybridized carbons (Fsp3) is 0.526. The van der Waals surface area contributed by atoms with Gasteiger partial charge in [-0.2, -0.15) is 0 Å². The summed E-state index contributed by atoms with van der Waals surface area (Å²) >= 11 is 7.40. The molecule has 2 rings (SSSR count). The van der Waals surface area contributed by atoms with Crippen molar-refractivity contribution >= 4 is 46.0 Å². The lowest BCUT2D eigenvalue weighted by Crippen LogP contribution is -2.34. The first-order chi connectivity index (χ1) is 12.5. The fourth-order valence-corrected chi connectivity index (χ4v) is 4.10. The molecule has 26 heavy (non-hydrogen) atoms. The van der Waals surface area contributed by atoms with Gasteiger partial charge in [0, 0.05) is 25.0 Å². The van der Waals surface area contributed by atoms with Gasteiger partial charge in [0.1, 0.15) is 5.25 Å². The minimum absolute atomic E-state index is 0.0325. The zero-order chi connectivity index (χ0) is 18.9. The second kappa shape index (κ2) is 10.6. The number of aliphatic imine (C=N–C) groups is 1. The Balaban J connectivity index is 2.12. The van der Waals surface area contributed by atoms with Gasteiger partial charge in [0.25, 0.3) is 0 Å². The first kappa shape index (κ1) is 20.8. The summed E-state index contributed by atoms with van der Waals surface area (Å²) < 4.78 is 0. The van der Waals surface area contributed by atoms with Crippen LogP contribution in [-0.4, -0.2) is 40.7 Å². The number of rotatable bonds is 9. The molecule has 5 nitrogen and oxygen atoms in total. The first-order valence-corrected chi connectivity index (χ1v) is 10.3. The number of nitrogens with zero attached hydrogens (tertiary/aromatic N) is 2. The molecule has 1 atom stereocenters. The molecule has 1 heterocycles. The molecule has 7 heteroatoms. The molecule has 1 saturated heterocycles. The fourth-order valence-electron chi connectivity index (χ4n) is 2.73. The number of hydrogen-bond acceptors (Lipinski definition) is 4. The van der Waals surface area contributed by atoms with Crippen molar-refractivity contribution < 1.29 is 9.59 Å². The number of amidine groups is 1. The van der Waals surface area contributed by atoms with Crippen LogP contribution >= 0.6 is 23.4 Å². The number of hydrogen-bond donors (Lipinski definition) is 1. The predicted octanol–water partition coefficient (Wildman–Crippen LogP) is 4.38. The molecule has 0 spiro atoms. The van der Waals surface area contributed by atoms with Crippen LogP contribution in [0, 0.1) is 0 Å². The molecule has 1 fully saturated rings. The number of carbonyl (C=O) groups excluding carboxylic acids is 2. The Morgan fingerprint density at radius 3 is 2.77 bits per heavy atom. The van der Waals surface area contributed by atoms with E-state index in [1.165, 1.54) is 31.0 Å². The summed E-state index contributed by atoms with van der Waals surface area (Å²) in [7, 11) is 1.58. The number of halogens is 1. The van der Waals surface area contributed by atoms with E-state index in [2.05, 4.69) is 17.2 Å². The van der Waals surface area contributed by atoms with Gasteiger partial charge in [-0.1, -0.05) is 62.0 Å². The molecular weight excluding hydrogens is 370 g/mol. The summed E-state index contributed by atoms with van der Waals surface area (Å²) in [5.74, 6) is -0.169. The van der Waals surface area contributed by atoms with Gasteiger partial charge in [-0.05, 0) is 24.6 Å². The highest BCUT2D eigenvalue weighted by atomic mass is 35.5. The van der Waals surface area contributed by atoms with E-state index in [1.54, 1.807) is 24.1 Å². The molecule has 142 valence electrons. The summed E-state index contributed by atoms with van der Waals surface area (Å²) in [6.45, 7) is 2.82. The molecule has 0 aromatic heterocycles. The van der Waals surface area contributed by atoms with E-state index >= 15 is 0 Å². The normalized spacial score (nSPS) is 18.6. The molecule has 1 aliphatic rings. The predicted molar refractivity (Wildman–Crippen MR) is 109 cm³/mol. The summed E-state index contributed by atoms with van der Waals surface area (Å²) in [4.78, 5) is 30.8. The van der Waals surface area contributed by atoms with Crippen molar-refractivity contribution in [3.8, 4) is 0 Å². The van der Waals surface area contributed by atoms with Gasteiger partial charge >= 0.3 is 0 Å². The van der Waals surface area contributed by atoms with Gasteiger partial charge < -0.3 is 5.32 Å². The van der Waals surface area contributed by atoms with E-state index < -0.39 is 5.25 Å². The van der Waals surface area contributed by atoms with Crippen molar-refractivity contribution in [3.63, 3.8) is 0 Å². The Bertz CT molecular complexity index is 666. The lowest BCUT2D eigenvalue weighted by molar-refractivity contribution is -0.129. The smallest absolute Gasteiger partial charge is 0.242 e. The van der Waals surface area contributed by atoms with E-state index in [4.69, 9.17) is 11.6 Å². The summed E-state index contributed by atoms with van der Waals surface area (Å²) in [5, 5.41) is 3.43. The van der Waals surface area contributed by atoms with Crippen molar-refractivity contribution in [2.45, 2.75) is 50.7 Å².